The molecule has 1 atom stereocenters. The van der Waals surface area contributed by atoms with Gasteiger partial charge in [0.15, 0.2) is 0 Å². The largest absolute Gasteiger partial charge is 1.00 e. The van der Waals surface area contributed by atoms with Gasteiger partial charge in [-0.25, -0.2) is 0 Å². The maximum atomic E-state index is 12.3. The maximum absolute atomic E-state index is 12.3. The van der Waals surface area contributed by atoms with Gasteiger partial charge in [0.25, 0.3) is 0 Å². The second kappa shape index (κ2) is 6.45. The minimum absolute atomic E-state index is 0. The van der Waals surface area contributed by atoms with Gasteiger partial charge in [0, 0.05) is 0 Å². The van der Waals surface area contributed by atoms with Crippen molar-refractivity contribution in [3.8, 4) is 0 Å². The summed E-state index contributed by atoms with van der Waals surface area (Å²) in [5, 5.41) is 0. The van der Waals surface area contributed by atoms with E-state index in [9.17, 15) is 12.9 Å². The van der Waals surface area contributed by atoms with E-state index in [2.05, 4.69) is 0 Å². The van der Waals surface area contributed by atoms with Crippen molar-refractivity contribution in [1.82, 2.24) is 0 Å². The zero-order valence-electron chi connectivity index (χ0n) is 9.31. The molecule has 0 amide bonds. The molecule has 0 fully saturated rings. The smallest absolute Gasteiger partial charge is 0.445 e. The van der Waals surface area contributed by atoms with Crippen molar-refractivity contribution in [2.75, 3.05) is 0 Å². The Labute approximate surface area is 131 Å². The van der Waals surface area contributed by atoms with E-state index in [1.807, 2.05) is 13.8 Å². The van der Waals surface area contributed by atoms with Gasteiger partial charge in [0.2, 0.25) is 0 Å². The normalized spacial score (nSPS) is 13.1. The van der Waals surface area contributed by atoms with E-state index >= 15 is 0 Å². The Hall–Kier alpha value is 0.711. The van der Waals surface area contributed by atoms with Crippen molar-refractivity contribution in [2.24, 2.45) is 0 Å². The van der Waals surface area contributed by atoms with E-state index in [1.165, 1.54) is 12.1 Å². The predicted molar refractivity (Wildman–Crippen MR) is 53.9 cm³/mol. The summed E-state index contributed by atoms with van der Waals surface area (Å²) in [6.07, 6.45) is 0.941. The van der Waals surface area contributed by atoms with E-state index in [0.29, 0.717) is 5.92 Å². The molecule has 0 N–H and O–H groups in total. The minimum atomic E-state index is -4.85. The summed E-state index contributed by atoms with van der Waals surface area (Å²) < 4.78 is 36.8. The monoisotopic (exact) mass is 240 g/mol. The SMILES string of the molecule is CCC(C)c1ccc([B-](F)(F)F)cc1.[K+]. The van der Waals surface area contributed by atoms with Gasteiger partial charge in [0.1, 0.15) is 0 Å². The third-order valence-corrected chi connectivity index (χ3v) is 2.50. The average Bonchev–Trinajstić information content (AvgIpc) is 2.15. The van der Waals surface area contributed by atoms with Crippen LogP contribution in [-0.2, 0) is 0 Å². The van der Waals surface area contributed by atoms with Crippen LogP contribution in [0.15, 0.2) is 24.3 Å². The van der Waals surface area contributed by atoms with E-state index in [1.54, 1.807) is 12.1 Å². The molecule has 78 valence electrons. The summed E-state index contributed by atoms with van der Waals surface area (Å²) in [7, 11) is 0. The number of halogens is 3. The molecule has 0 saturated heterocycles. The molecule has 1 unspecified atom stereocenters. The molecular formula is C10H13BF3K. The van der Waals surface area contributed by atoms with Gasteiger partial charge in [-0.05, 0) is 17.9 Å². The van der Waals surface area contributed by atoms with Crippen molar-refractivity contribution in [2.45, 2.75) is 26.2 Å². The van der Waals surface area contributed by atoms with Gasteiger partial charge in [-0.1, -0.05) is 38.1 Å². The van der Waals surface area contributed by atoms with Crippen LogP contribution in [0.1, 0.15) is 31.7 Å². The summed E-state index contributed by atoms with van der Waals surface area (Å²) in [5.41, 5.74) is 0.452. The molecule has 0 bridgehead atoms. The number of rotatable bonds is 3. The second-order valence-corrected chi connectivity index (χ2v) is 3.55. The van der Waals surface area contributed by atoms with Crippen molar-refractivity contribution < 1.29 is 64.3 Å². The zero-order chi connectivity index (χ0) is 10.8. The predicted octanol–water partition coefficient (Wildman–Crippen LogP) is 0.258. The Balaban J connectivity index is 0.00000196. The topological polar surface area (TPSA) is 0 Å². The fraction of sp³-hybridized carbons (Fsp3) is 0.400. The van der Waals surface area contributed by atoms with E-state index in [0.717, 1.165) is 12.0 Å². The first kappa shape index (κ1) is 15.7. The van der Waals surface area contributed by atoms with Crippen LogP contribution in [0.5, 0.6) is 0 Å². The molecule has 0 spiro atoms. The Bertz CT molecular complexity index is 295. The van der Waals surface area contributed by atoms with Gasteiger partial charge in [-0.15, -0.1) is 5.46 Å². The fourth-order valence-electron chi connectivity index (χ4n) is 1.28. The van der Waals surface area contributed by atoms with Crippen LogP contribution in [0, 0.1) is 0 Å². The number of hydrogen-bond donors (Lipinski definition) is 0. The maximum Gasteiger partial charge on any atom is 1.00 e. The second-order valence-electron chi connectivity index (χ2n) is 3.55. The Kier molecular flexibility index (Phi) is 6.75. The van der Waals surface area contributed by atoms with Crippen LogP contribution in [0.2, 0.25) is 0 Å². The number of benzene rings is 1. The first-order valence-electron chi connectivity index (χ1n) is 4.75. The molecule has 0 aliphatic heterocycles. The Morgan fingerprint density at radius 1 is 1.13 bits per heavy atom. The molecule has 1 rings (SSSR count). The van der Waals surface area contributed by atoms with Gasteiger partial charge in [-0.2, -0.15) is 0 Å². The Morgan fingerprint density at radius 2 is 1.60 bits per heavy atom. The van der Waals surface area contributed by atoms with Crippen molar-refractivity contribution in [3.63, 3.8) is 0 Å². The summed E-state index contributed by atoms with van der Waals surface area (Å²) in [6.45, 7) is -0.818. The molecule has 0 aliphatic rings. The first-order valence-corrected chi connectivity index (χ1v) is 4.75. The quantitative estimate of drug-likeness (QED) is 0.665. The van der Waals surface area contributed by atoms with E-state index < -0.39 is 12.4 Å². The van der Waals surface area contributed by atoms with Gasteiger partial charge >= 0.3 is 58.4 Å². The summed E-state index contributed by atoms with van der Waals surface area (Å²) in [6, 6.07) is 5.47. The summed E-state index contributed by atoms with van der Waals surface area (Å²) in [5.74, 6) is 0.324. The third-order valence-electron chi connectivity index (χ3n) is 2.50. The summed E-state index contributed by atoms with van der Waals surface area (Å²) in [4.78, 5) is 0. The third kappa shape index (κ3) is 4.61. The average molecular weight is 240 g/mol. The fourth-order valence-corrected chi connectivity index (χ4v) is 1.28. The zero-order valence-corrected chi connectivity index (χ0v) is 12.4. The van der Waals surface area contributed by atoms with E-state index in [4.69, 9.17) is 0 Å². The van der Waals surface area contributed by atoms with Crippen LogP contribution in [-0.4, -0.2) is 6.98 Å². The molecule has 15 heavy (non-hydrogen) atoms. The van der Waals surface area contributed by atoms with Crippen LogP contribution in [0.3, 0.4) is 0 Å². The van der Waals surface area contributed by atoms with Gasteiger partial charge in [-0.3, -0.25) is 0 Å². The van der Waals surface area contributed by atoms with Gasteiger partial charge in [0.05, 0.1) is 0 Å². The number of hydrogen-bond acceptors (Lipinski definition) is 0. The molecule has 0 aromatic heterocycles. The van der Waals surface area contributed by atoms with Crippen LogP contribution in [0.25, 0.3) is 0 Å². The molecule has 0 radical (unpaired) electrons. The van der Waals surface area contributed by atoms with Crippen LogP contribution >= 0.6 is 0 Å². The molecule has 1 aromatic rings. The molecule has 0 saturated carbocycles. The van der Waals surface area contributed by atoms with Crippen LogP contribution in [0.4, 0.5) is 12.9 Å². The molecular weight excluding hydrogens is 227 g/mol. The van der Waals surface area contributed by atoms with Crippen molar-refractivity contribution >= 4 is 12.4 Å². The van der Waals surface area contributed by atoms with Crippen molar-refractivity contribution in [1.29, 1.82) is 0 Å². The standard InChI is InChI=1S/C10H13BF3.K/c1-3-8(2)9-4-6-10(7-5-9)11(12,13)14;/h4-8H,3H2,1-2H3;/q-1;+1. The molecule has 1 aromatic carbocycles. The van der Waals surface area contributed by atoms with Gasteiger partial charge < -0.3 is 12.9 Å². The molecule has 5 heteroatoms. The summed E-state index contributed by atoms with van der Waals surface area (Å²) >= 11 is 0. The Morgan fingerprint density at radius 3 is 1.93 bits per heavy atom. The van der Waals surface area contributed by atoms with Crippen LogP contribution < -0.4 is 56.8 Å². The molecule has 0 heterocycles. The minimum Gasteiger partial charge on any atom is -0.445 e. The van der Waals surface area contributed by atoms with E-state index in [-0.39, 0.29) is 51.4 Å². The molecule has 0 nitrogen and oxygen atoms in total. The van der Waals surface area contributed by atoms with Crippen molar-refractivity contribution in [3.05, 3.63) is 29.8 Å². The first-order chi connectivity index (χ1) is 6.45. The molecule has 0 aliphatic carbocycles.